The zero-order valence-electron chi connectivity index (χ0n) is 11.5. The fraction of sp³-hybridized carbons (Fsp3) is 0.571. The Kier molecular flexibility index (Phi) is 5.42. The number of alkyl halides is 1. The van der Waals surface area contributed by atoms with Crippen molar-refractivity contribution in [3.05, 3.63) is 35.4 Å². The largest absolute Gasteiger partial charge is 0.419 e. The normalized spacial score (nSPS) is 14.1. The molecule has 0 bridgehead atoms. The van der Waals surface area contributed by atoms with Gasteiger partial charge in [0.2, 0.25) is 0 Å². The lowest BCUT2D eigenvalue weighted by molar-refractivity contribution is 0.329. The predicted molar refractivity (Wildman–Crippen MR) is 81.6 cm³/mol. The van der Waals surface area contributed by atoms with E-state index in [0.29, 0.717) is 4.83 Å². The Bertz CT molecular complexity index is 357. The summed E-state index contributed by atoms with van der Waals surface area (Å²) >= 11 is 3.71. The first-order valence-electron chi connectivity index (χ1n) is 6.17. The van der Waals surface area contributed by atoms with E-state index < -0.39 is 9.04 Å². The standard InChI is InChI=1S/C14H23BrOSi/c1-14(2,3)12-8-6-7-11(9-12)13(15)10-16-17(4)5/h6-9,13,17H,10H2,1-5H3. The van der Waals surface area contributed by atoms with Gasteiger partial charge in [0.25, 0.3) is 0 Å². The second kappa shape index (κ2) is 6.16. The maximum atomic E-state index is 5.78. The van der Waals surface area contributed by atoms with Gasteiger partial charge in [-0.05, 0) is 29.6 Å². The fourth-order valence-corrected chi connectivity index (χ4v) is 2.87. The summed E-state index contributed by atoms with van der Waals surface area (Å²) in [6, 6.07) is 8.78. The lowest BCUT2D eigenvalue weighted by atomic mass is 9.86. The first kappa shape index (κ1) is 14.9. The summed E-state index contributed by atoms with van der Waals surface area (Å²) in [5.41, 5.74) is 2.89. The van der Waals surface area contributed by atoms with Gasteiger partial charge in [-0.3, -0.25) is 0 Å². The molecule has 0 saturated carbocycles. The van der Waals surface area contributed by atoms with Crippen LogP contribution in [0.1, 0.15) is 36.7 Å². The smallest absolute Gasteiger partial charge is 0.170 e. The van der Waals surface area contributed by atoms with Gasteiger partial charge in [0.05, 0.1) is 11.4 Å². The molecule has 1 aromatic rings. The average molecular weight is 315 g/mol. The summed E-state index contributed by atoms with van der Waals surface area (Å²) in [4.78, 5) is 0.305. The zero-order chi connectivity index (χ0) is 13.1. The number of benzene rings is 1. The third kappa shape index (κ3) is 4.94. The highest BCUT2D eigenvalue weighted by atomic mass is 79.9. The molecule has 96 valence electrons. The molecule has 1 nitrogen and oxygen atoms in total. The van der Waals surface area contributed by atoms with Crippen LogP contribution < -0.4 is 0 Å². The van der Waals surface area contributed by atoms with Crippen molar-refractivity contribution >= 4 is 25.0 Å². The Morgan fingerprint density at radius 3 is 2.47 bits per heavy atom. The minimum Gasteiger partial charge on any atom is -0.419 e. The van der Waals surface area contributed by atoms with Gasteiger partial charge in [0, 0.05) is 0 Å². The summed E-state index contributed by atoms with van der Waals surface area (Å²) < 4.78 is 5.78. The Morgan fingerprint density at radius 2 is 1.94 bits per heavy atom. The lowest BCUT2D eigenvalue weighted by Crippen LogP contribution is -2.14. The van der Waals surface area contributed by atoms with Crippen LogP contribution in [0.2, 0.25) is 13.1 Å². The van der Waals surface area contributed by atoms with Crippen LogP contribution in [0.3, 0.4) is 0 Å². The number of hydrogen-bond acceptors (Lipinski definition) is 1. The Hall–Kier alpha value is -0.123. The second-order valence-corrected chi connectivity index (χ2v) is 9.26. The van der Waals surface area contributed by atoms with E-state index in [1.807, 2.05) is 0 Å². The maximum absolute atomic E-state index is 5.78. The van der Waals surface area contributed by atoms with Crippen molar-refractivity contribution in [1.82, 2.24) is 0 Å². The molecule has 1 rings (SSSR count). The van der Waals surface area contributed by atoms with Gasteiger partial charge in [-0.25, -0.2) is 0 Å². The minimum atomic E-state index is -0.926. The molecular formula is C14H23BrOSi. The summed E-state index contributed by atoms with van der Waals surface area (Å²) in [5.74, 6) is 0. The van der Waals surface area contributed by atoms with Crippen LogP contribution >= 0.6 is 15.9 Å². The van der Waals surface area contributed by atoms with Crippen LogP contribution in [0.5, 0.6) is 0 Å². The Labute approximate surface area is 115 Å². The molecule has 0 spiro atoms. The van der Waals surface area contributed by atoms with Crippen molar-refractivity contribution in [3.63, 3.8) is 0 Å². The van der Waals surface area contributed by atoms with Gasteiger partial charge in [-0.15, -0.1) is 0 Å². The van der Waals surface area contributed by atoms with Crippen LogP contribution in [0.25, 0.3) is 0 Å². The number of hydrogen-bond donors (Lipinski definition) is 0. The van der Waals surface area contributed by atoms with Gasteiger partial charge in [-0.2, -0.15) is 0 Å². The fourth-order valence-electron chi connectivity index (χ4n) is 1.57. The number of halogens is 1. The van der Waals surface area contributed by atoms with Crippen molar-refractivity contribution in [1.29, 1.82) is 0 Å². The van der Waals surface area contributed by atoms with Gasteiger partial charge < -0.3 is 4.43 Å². The molecule has 0 radical (unpaired) electrons. The molecule has 1 aromatic carbocycles. The van der Waals surface area contributed by atoms with Gasteiger partial charge >= 0.3 is 0 Å². The third-order valence-electron chi connectivity index (χ3n) is 2.69. The van der Waals surface area contributed by atoms with Crippen LogP contribution in [0.15, 0.2) is 24.3 Å². The highest BCUT2D eigenvalue weighted by Gasteiger charge is 2.16. The zero-order valence-corrected chi connectivity index (χ0v) is 14.2. The second-order valence-electron chi connectivity index (χ2n) is 5.73. The first-order valence-corrected chi connectivity index (χ1v) is 9.86. The number of rotatable bonds is 4. The van der Waals surface area contributed by atoms with Crippen LogP contribution in [-0.4, -0.2) is 15.6 Å². The first-order chi connectivity index (χ1) is 7.80. The maximum Gasteiger partial charge on any atom is 0.170 e. The summed E-state index contributed by atoms with van der Waals surface area (Å²) in [7, 11) is -0.926. The average Bonchev–Trinajstić information content (AvgIpc) is 2.25. The Balaban J connectivity index is 2.77. The molecule has 0 aromatic heterocycles. The lowest BCUT2D eigenvalue weighted by Gasteiger charge is -2.21. The topological polar surface area (TPSA) is 9.23 Å². The van der Waals surface area contributed by atoms with E-state index in [4.69, 9.17) is 4.43 Å². The molecule has 0 aliphatic heterocycles. The molecule has 0 saturated heterocycles. The van der Waals surface area contributed by atoms with E-state index in [1.165, 1.54) is 11.1 Å². The van der Waals surface area contributed by atoms with Crippen molar-refractivity contribution in [3.8, 4) is 0 Å². The quantitative estimate of drug-likeness (QED) is 0.590. The highest BCUT2D eigenvalue weighted by molar-refractivity contribution is 9.09. The van der Waals surface area contributed by atoms with Crippen LogP contribution in [0, 0.1) is 0 Å². The van der Waals surface area contributed by atoms with E-state index in [-0.39, 0.29) is 5.41 Å². The van der Waals surface area contributed by atoms with Crippen LogP contribution in [-0.2, 0) is 9.84 Å². The molecule has 3 heteroatoms. The molecule has 0 amide bonds. The molecule has 17 heavy (non-hydrogen) atoms. The van der Waals surface area contributed by atoms with Crippen molar-refractivity contribution < 1.29 is 4.43 Å². The van der Waals surface area contributed by atoms with E-state index in [2.05, 4.69) is 74.1 Å². The SMILES string of the molecule is C[SiH](C)OCC(Br)c1cccc(C(C)(C)C)c1. The van der Waals surface area contributed by atoms with Crippen molar-refractivity contribution in [2.45, 2.75) is 44.1 Å². The summed E-state index contributed by atoms with van der Waals surface area (Å²) in [6.45, 7) is 11.9. The van der Waals surface area contributed by atoms with E-state index in [1.54, 1.807) is 0 Å². The van der Waals surface area contributed by atoms with Crippen LogP contribution in [0.4, 0.5) is 0 Å². The third-order valence-corrected chi connectivity index (χ3v) is 4.34. The van der Waals surface area contributed by atoms with E-state index in [9.17, 15) is 0 Å². The molecule has 1 unspecified atom stereocenters. The molecule has 0 heterocycles. The molecular weight excluding hydrogens is 292 g/mol. The molecule has 0 aliphatic carbocycles. The monoisotopic (exact) mass is 314 g/mol. The summed E-state index contributed by atoms with van der Waals surface area (Å²) in [6.07, 6.45) is 0. The molecule has 0 aliphatic rings. The predicted octanol–water partition coefficient (Wildman–Crippen LogP) is 4.42. The van der Waals surface area contributed by atoms with Crippen molar-refractivity contribution in [2.24, 2.45) is 0 Å². The van der Waals surface area contributed by atoms with Gasteiger partial charge in [0.1, 0.15) is 0 Å². The van der Waals surface area contributed by atoms with E-state index >= 15 is 0 Å². The Morgan fingerprint density at radius 1 is 1.29 bits per heavy atom. The highest BCUT2D eigenvalue weighted by Crippen LogP contribution is 2.28. The summed E-state index contributed by atoms with van der Waals surface area (Å²) in [5, 5.41) is 0. The van der Waals surface area contributed by atoms with Gasteiger partial charge in [-0.1, -0.05) is 61.0 Å². The molecule has 0 N–H and O–H groups in total. The molecule has 0 fully saturated rings. The van der Waals surface area contributed by atoms with Crippen molar-refractivity contribution in [2.75, 3.05) is 6.61 Å². The minimum absolute atomic E-state index is 0.205. The van der Waals surface area contributed by atoms with E-state index in [0.717, 1.165) is 6.61 Å². The molecule has 1 atom stereocenters. The van der Waals surface area contributed by atoms with Gasteiger partial charge in [0.15, 0.2) is 9.04 Å².